The summed E-state index contributed by atoms with van der Waals surface area (Å²) in [6, 6.07) is 3.55. The number of primary amides is 1. The first kappa shape index (κ1) is 11.9. The van der Waals surface area contributed by atoms with Gasteiger partial charge in [-0.2, -0.15) is 0 Å². The number of rotatable bonds is 2. The van der Waals surface area contributed by atoms with E-state index < -0.39 is 11.5 Å². The number of anilines is 1. The van der Waals surface area contributed by atoms with Crippen LogP contribution in [0.5, 0.6) is 0 Å². The Kier molecular flexibility index (Phi) is 3.02. The smallest absolute Gasteiger partial charge is 0.267 e. The van der Waals surface area contributed by atoms with Crippen LogP contribution in [-0.2, 0) is 0 Å². The monoisotopic (exact) mass is 235 g/mol. The summed E-state index contributed by atoms with van der Waals surface area (Å²) in [6.07, 6.45) is 3.03. The minimum absolute atomic E-state index is 0.278. The molecular formula is C12H17N3O2. The van der Waals surface area contributed by atoms with Crippen LogP contribution in [0.2, 0.25) is 0 Å². The van der Waals surface area contributed by atoms with Crippen LogP contribution in [0, 0.1) is 0 Å². The van der Waals surface area contributed by atoms with Gasteiger partial charge in [0.05, 0.1) is 5.60 Å². The molecule has 0 aromatic carbocycles. The molecule has 1 aliphatic rings. The van der Waals surface area contributed by atoms with E-state index in [4.69, 9.17) is 5.73 Å². The average molecular weight is 235 g/mol. The summed E-state index contributed by atoms with van der Waals surface area (Å²) in [6.45, 7) is 3.40. The van der Waals surface area contributed by atoms with Crippen LogP contribution in [0.15, 0.2) is 18.3 Å². The highest BCUT2D eigenvalue weighted by Crippen LogP contribution is 2.25. The van der Waals surface area contributed by atoms with E-state index in [-0.39, 0.29) is 5.69 Å². The molecule has 1 saturated heterocycles. The van der Waals surface area contributed by atoms with Crippen LogP contribution in [0.1, 0.15) is 30.3 Å². The van der Waals surface area contributed by atoms with Gasteiger partial charge >= 0.3 is 0 Å². The summed E-state index contributed by atoms with van der Waals surface area (Å²) in [4.78, 5) is 17.1. The van der Waals surface area contributed by atoms with E-state index in [1.165, 1.54) is 0 Å². The number of hydrogen-bond donors (Lipinski definition) is 2. The lowest BCUT2D eigenvalue weighted by atomic mass is 9.93. The fourth-order valence-electron chi connectivity index (χ4n) is 2.00. The van der Waals surface area contributed by atoms with Crippen LogP contribution in [0.3, 0.4) is 0 Å². The van der Waals surface area contributed by atoms with E-state index in [0.717, 1.165) is 31.6 Å². The van der Waals surface area contributed by atoms with Crippen molar-refractivity contribution in [3.05, 3.63) is 24.0 Å². The molecule has 2 heterocycles. The maximum absolute atomic E-state index is 11.0. The summed E-state index contributed by atoms with van der Waals surface area (Å²) in [5.41, 5.74) is 5.83. The van der Waals surface area contributed by atoms with Crippen molar-refractivity contribution in [2.24, 2.45) is 5.73 Å². The molecule has 1 aromatic heterocycles. The maximum atomic E-state index is 11.0. The zero-order valence-corrected chi connectivity index (χ0v) is 9.89. The lowest BCUT2D eigenvalue weighted by Crippen LogP contribution is -2.42. The largest absolute Gasteiger partial charge is 0.390 e. The van der Waals surface area contributed by atoms with Gasteiger partial charge in [-0.3, -0.25) is 9.78 Å². The number of piperidine rings is 1. The Morgan fingerprint density at radius 3 is 2.76 bits per heavy atom. The van der Waals surface area contributed by atoms with Gasteiger partial charge in [0, 0.05) is 25.0 Å². The quantitative estimate of drug-likeness (QED) is 0.783. The Balaban J connectivity index is 2.13. The molecule has 0 bridgehead atoms. The standard InChI is InChI=1S/C12H17N3O2/c1-12(17)3-6-15(7-4-12)9-2-5-14-10(8-9)11(13)16/h2,5,8,17H,3-4,6-7H2,1H3,(H2,13,16). The highest BCUT2D eigenvalue weighted by molar-refractivity contribution is 5.91. The van der Waals surface area contributed by atoms with Gasteiger partial charge < -0.3 is 15.7 Å². The molecule has 1 fully saturated rings. The second-order valence-electron chi connectivity index (χ2n) is 4.75. The Morgan fingerprint density at radius 2 is 2.18 bits per heavy atom. The molecule has 0 aliphatic carbocycles. The first-order chi connectivity index (χ1) is 7.98. The second-order valence-corrected chi connectivity index (χ2v) is 4.75. The fourth-order valence-corrected chi connectivity index (χ4v) is 2.00. The molecule has 2 rings (SSSR count). The minimum atomic E-state index is -0.573. The molecule has 5 heteroatoms. The summed E-state index contributed by atoms with van der Waals surface area (Å²) >= 11 is 0. The van der Waals surface area contributed by atoms with Gasteiger partial charge in [-0.25, -0.2) is 0 Å². The van der Waals surface area contributed by atoms with Crippen molar-refractivity contribution in [2.45, 2.75) is 25.4 Å². The summed E-state index contributed by atoms with van der Waals surface area (Å²) < 4.78 is 0. The van der Waals surface area contributed by atoms with Gasteiger partial charge in [0.25, 0.3) is 5.91 Å². The predicted molar refractivity (Wildman–Crippen MR) is 64.8 cm³/mol. The number of carbonyl (C=O) groups excluding carboxylic acids is 1. The molecule has 17 heavy (non-hydrogen) atoms. The average Bonchev–Trinajstić information content (AvgIpc) is 2.29. The lowest BCUT2D eigenvalue weighted by molar-refractivity contribution is 0.0351. The van der Waals surface area contributed by atoms with E-state index in [1.807, 2.05) is 13.0 Å². The number of pyridine rings is 1. The number of nitrogens with zero attached hydrogens (tertiary/aromatic N) is 2. The second kappa shape index (κ2) is 4.33. The molecule has 0 spiro atoms. The Hall–Kier alpha value is -1.62. The fraction of sp³-hybridized carbons (Fsp3) is 0.500. The normalized spacial score (nSPS) is 19.1. The van der Waals surface area contributed by atoms with Crippen LogP contribution < -0.4 is 10.6 Å². The molecular weight excluding hydrogens is 218 g/mol. The van der Waals surface area contributed by atoms with Crippen molar-refractivity contribution in [1.29, 1.82) is 0 Å². The van der Waals surface area contributed by atoms with E-state index in [1.54, 1.807) is 12.3 Å². The Morgan fingerprint density at radius 1 is 1.53 bits per heavy atom. The van der Waals surface area contributed by atoms with Gasteiger partial charge in [0.1, 0.15) is 5.69 Å². The molecule has 0 unspecified atom stereocenters. The summed E-state index contributed by atoms with van der Waals surface area (Å²) in [7, 11) is 0. The topological polar surface area (TPSA) is 79.4 Å². The van der Waals surface area contributed by atoms with Crippen molar-refractivity contribution >= 4 is 11.6 Å². The van der Waals surface area contributed by atoms with Crippen LogP contribution >= 0.6 is 0 Å². The van der Waals surface area contributed by atoms with Crippen molar-refractivity contribution in [3.8, 4) is 0 Å². The lowest BCUT2D eigenvalue weighted by Gasteiger charge is -2.37. The highest BCUT2D eigenvalue weighted by Gasteiger charge is 2.27. The van der Waals surface area contributed by atoms with Crippen molar-refractivity contribution in [1.82, 2.24) is 4.98 Å². The molecule has 0 saturated carbocycles. The predicted octanol–water partition coefficient (Wildman–Crippen LogP) is 0.532. The van der Waals surface area contributed by atoms with Gasteiger partial charge in [-0.05, 0) is 31.9 Å². The number of hydrogen-bond acceptors (Lipinski definition) is 4. The van der Waals surface area contributed by atoms with Crippen LogP contribution in [-0.4, -0.2) is 34.7 Å². The molecule has 1 amide bonds. The van der Waals surface area contributed by atoms with E-state index in [9.17, 15) is 9.90 Å². The zero-order chi connectivity index (χ0) is 12.5. The molecule has 5 nitrogen and oxygen atoms in total. The first-order valence-electron chi connectivity index (χ1n) is 5.71. The SMILES string of the molecule is CC1(O)CCN(c2ccnc(C(N)=O)c2)CC1. The van der Waals surface area contributed by atoms with Crippen LogP contribution in [0.4, 0.5) is 5.69 Å². The highest BCUT2D eigenvalue weighted by atomic mass is 16.3. The first-order valence-corrected chi connectivity index (χ1v) is 5.71. The zero-order valence-electron chi connectivity index (χ0n) is 9.89. The van der Waals surface area contributed by atoms with E-state index in [0.29, 0.717) is 0 Å². The number of aromatic nitrogens is 1. The third-order valence-corrected chi connectivity index (χ3v) is 3.20. The van der Waals surface area contributed by atoms with Crippen LogP contribution in [0.25, 0.3) is 0 Å². The number of carbonyl (C=O) groups is 1. The number of aliphatic hydroxyl groups is 1. The third-order valence-electron chi connectivity index (χ3n) is 3.20. The van der Waals surface area contributed by atoms with E-state index in [2.05, 4.69) is 9.88 Å². The molecule has 1 aliphatic heterocycles. The Bertz CT molecular complexity index is 422. The molecule has 1 aromatic rings. The molecule has 92 valence electrons. The van der Waals surface area contributed by atoms with Crippen molar-refractivity contribution < 1.29 is 9.90 Å². The molecule has 0 radical (unpaired) electrons. The Labute approximate surface area is 100 Å². The summed E-state index contributed by atoms with van der Waals surface area (Å²) in [5.74, 6) is -0.518. The van der Waals surface area contributed by atoms with Gasteiger partial charge in [0.2, 0.25) is 0 Å². The van der Waals surface area contributed by atoms with E-state index >= 15 is 0 Å². The maximum Gasteiger partial charge on any atom is 0.267 e. The van der Waals surface area contributed by atoms with Gasteiger partial charge in [-0.1, -0.05) is 0 Å². The number of nitrogens with two attached hydrogens (primary N) is 1. The summed E-state index contributed by atoms with van der Waals surface area (Å²) in [5, 5.41) is 9.87. The van der Waals surface area contributed by atoms with Crippen molar-refractivity contribution in [2.75, 3.05) is 18.0 Å². The minimum Gasteiger partial charge on any atom is -0.390 e. The van der Waals surface area contributed by atoms with Gasteiger partial charge in [0.15, 0.2) is 0 Å². The number of amides is 1. The third kappa shape index (κ3) is 2.74. The van der Waals surface area contributed by atoms with Crippen molar-refractivity contribution in [3.63, 3.8) is 0 Å². The molecule has 0 atom stereocenters. The molecule has 3 N–H and O–H groups in total. The van der Waals surface area contributed by atoms with Gasteiger partial charge in [-0.15, -0.1) is 0 Å².